The Morgan fingerprint density at radius 3 is 2.43 bits per heavy atom. The second-order valence-electron chi connectivity index (χ2n) is 5.08. The number of carbonyl (C=O) groups is 2. The van der Waals surface area contributed by atoms with Crippen molar-refractivity contribution in [2.24, 2.45) is 0 Å². The van der Waals surface area contributed by atoms with E-state index in [9.17, 15) is 9.59 Å². The topological polar surface area (TPSA) is 43.4 Å². The van der Waals surface area contributed by atoms with E-state index in [1.54, 1.807) is 12.1 Å². The van der Waals surface area contributed by atoms with Crippen molar-refractivity contribution in [1.29, 1.82) is 0 Å². The number of benzene rings is 2. The van der Waals surface area contributed by atoms with Gasteiger partial charge in [0.1, 0.15) is 18.1 Å². The van der Waals surface area contributed by atoms with Gasteiger partial charge in [0.05, 0.1) is 12.0 Å². The van der Waals surface area contributed by atoms with Gasteiger partial charge in [-0.3, -0.25) is 9.59 Å². The van der Waals surface area contributed by atoms with Crippen LogP contribution < -0.4 is 4.74 Å². The summed E-state index contributed by atoms with van der Waals surface area (Å²) in [6.07, 6.45) is -0.0921. The van der Waals surface area contributed by atoms with Crippen LogP contribution in [-0.4, -0.2) is 11.6 Å². The molecule has 0 saturated carbocycles. The van der Waals surface area contributed by atoms with E-state index in [2.05, 4.69) is 0 Å². The Kier molecular flexibility index (Phi) is 4.88. The van der Waals surface area contributed by atoms with Gasteiger partial charge >= 0.3 is 0 Å². The molecule has 2 aromatic rings. The van der Waals surface area contributed by atoms with Crippen LogP contribution in [0, 0.1) is 6.92 Å². The third-order valence-corrected chi connectivity index (χ3v) is 3.08. The summed E-state index contributed by atoms with van der Waals surface area (Å²) < 4.78 is 5.75. The number of rotatable bonds is 6. The first-order valence-electron chi connectivity index (χ1n) is 6.86. The molecule has 0 aliphatic rings. The van der Waals surface area contributed by atoms with E-state index in [1.165, 1.54) is 6.92 Å². The van der Waals surface area contributed by atoms with Crippen LogP contribution in [0.4, 0.5) is 0 Å². The average Bonchev–Trinajstić information content (AvgIpc) is 2.46. The number of aryl methyl sites for hydroxylation is 1. The first-order chi connectivity index (χ1) is 10.1. The maximum atomic E-state index is 12.1. The largest absolute Gasteiger partial charge is 0.488 e. The molecule has 0 bridgehead atoms. The molecule has 0 atom stereocenters. The zero-order chi connectivity index (χ0) is 15.2. The van der Waals surface area contributed by atoms with Gasteiger partial charge in [-0.25, -0.2) is 0 Å². The van der Waals surface area contributed by atoms with Gasteiger partial charge in [0.25, 0.3) is 0 Å². The number of Topliss-reactive ketones (excluding diaryl/α,β-unsaturated/α-hetero) is 2. The van der Waals surface area contributed by atoms with E-state index in [0.717, 1.165) is 11.1 Å². The van der Waals surface area contributed by atoms with Gasteiger partial charge in [-0.1, -0.05) is 42.0 Å². The van der Waals surface area contributed by atoms with Gasteiger partial charge in [-0.15, -0.1) is 0 Å². The normalized spacial score (nSPS) is 10.2. The number of ketones is 2. The van der Waals surface area contributed by atoms with Gasteiger partial charge in [-0.05, 0) is 31.5 Å². The van der Waals surface area contributed by atoms with Crippen LogP contribution in [0.1, 0.15) is 34.8 Å². The fourth-order valence-electron chi connectivity index (χ4n) is 2.04. The minimum absolute atomic E-state index is 0.0921. The van der Waals surface area contributed by atoms with Crippen molar-refractivity contribution in [1.82, 2.24) is 0 Å². The molecular weight excluding hydrogens is 264 g/mol. The molecule has 2 aromatic carbocycles. The van der Waals surface area contributed by atoms with Crippen LogP contribution in [0.3, 0.4) is 0 Å². The molecule has 0 saturated heterocycles. The number of hydrogen-bond donors (Lipinski definition) is 0. The average molecular weight is 282 g/mol. The Bertz CT molecular complexity index is 645. The molecule has 0 fully saturated rings. The zero-order valence-corrected chi connectivity index (χ0v) is 12.3. The molecule has 3 nitrogen and oxygen atoms in total. The third kappa shape index (κ3) is 4.28. The van der Waals surface area contributed by atoms with Crippen LogP contribution in [0.5, 0.6) is 5.75 Å². The van der Waals surface area contributed by atoms with Crippen molar-refractivity contribution in [3.8, 4) is 5.75 Å². The summed E-state index contributed by atoms with van der Waals surface area (Å²) >= 11 is 0. The predicted octanol–water partition coefficient (Wildman–Crippen LogP) is 3.74. The summed E-state index contributed by atoms with van der Waals surface area (Å²) in [5.41, 5.74) is 2.47. The third-order valence-electron chi connectivity index (χ3n) is 3.08. The second-order valence-corrected chi connectivity index (χ2v) is 5.08. The SMILES string of the molecule is CC(=O)CC(=O)c1cc(C)ccc1OCc1ccccc1. The van der Waals surface area contributed by atoms with Crippen molar-refractivity contribution in [2.45, 2.75) is 26.9 Å². The lowest BCUT2D eigenvalue weighted by molar-refractivity contribution is -0.116. The highest BCUT2D eigenvalue weighted by molar-refractivity contribution is 6.08. The Morgan fingerprint density at radius 2 is 1.76 bits per heavy atom. The second kappa shape index (κ2) is 6.84. The number of carbonyl (C=O) groups excluding carboxylic acids is 2. The molecule has 108 valence electrons. The molecule has 0 N–H and O–H groups in total. The molecule has 2 rings (SSSR count). The number of hydrogen-bond acceptors (Lipinski definition) is 3. The molecule has 0 spiro atoms. The van der Waals surface area contributed by atoms with Crippen LogP contribution in [0.2, 0.25) is 0 Å². The Balaban J connectivity index is 2.18. The molecule has 0 unspecified atom stereocenters. The van der Waals surface area contributed by atoms with E-state index in [1.807, 2.05) is 43.3 Å². The monoisotopic (exact) mass is 282 g/mol. The van der Waals surface area contributed by atoms with E-state index in [0.29, 0.717) is 17.9 Å². The van der Waals surface area contributed by atoms with Gasteiger partial charge < -0.3 is 4.74 Å². The summed E-state index contributed by atoms with van der Waals surface area (Å²) in [5.74, 6) is 0.181. The van der Waals surface area contributed by atoms with Crippen LogP contribution in [0.25, 0.3) is 0 Å². The minimum atomic E-state index is -0.200. The minimum Gasteiger partial charge on any atom is -0.488 e. The van der Waals surface area contributed by atoms with E-state index in [-0.39, 0.29) is 18.0 Å². The molecule has 21 heavy (non-hydrogen) atoms. The maximum Gasteiger partial charge on any atom is 0.173 e. The first-order valence-corrected chi connectivity index (χ1v) is 6.86. The smallest absolute Gasteiger partial charge is 0.173 e. The Morgan fingerprint density at radius 1 is 1.05 bits per heavy atom. The van der Waals surface area contributed by atoms with Crippen LogP contribution in [-0.2, 0) is 11.4 Å². The quantitative estimate of drug-likeness (QED) is 0.599. The van der Waals surface area contributed by atoms with Gasteiger partial charge in [-0.2, -0.15) is 0 Å². The lowest BCUT2D eigenvalue weighted by atomic mass is 10.0. The summed E-state index contributed by atoms with van der Waals surface area (Å²) in [7, 11) is 0. The maximum absolute atomic E-state index is 12.1. The van der Waals surface area contributed by atoms with E-state index in [4.69, 9.17) is 4.74 Å². The zero-order valence-electron chi connectivity index (χ0n) is 12.3. The Hall–Kier alpha value is -2.42. The van der Waals surface area contributed by atoms with Crippen LogP contribution >= 0.6 is 0 Å². The highest BCUT2D eigenvalue weighted by Gasteiger charge is 2.14. The highest BCUT2D eigenvalue weighted by atomic mass is 16.5. The number of ether oxygens (including phenoxy) is 1. The lowest BCUT2D eigenvalue weighted by Crippen LogP contribution is -2.08. The van der Waals surface area contributed by atoms with E-state index < -0.39 is 0 Å². The summed E-state index contributed by atoms with van der Waals surface area (Å²) in [5, 5.41) is 0. The molecular formula is C18H18O3. The molecule has 0 aromatic heterocycles. The van der Waals surface area contributed by atoms with Crippen molar-refractivity contribution in [3.05, 3.63) is 65.2 Å². The molecule has 0 aliphatic carbocycles. The highest BCUT2D eigenvalue weighted by Crippen LogP contribution is 2.23. The van der Waals surface area contributed by atoms with Gasteiger partial charge in [0, 0.05) is 0 Å². The first kappa shape index (κ1) is 15.0. The fraction of sp³-hybridized carbons (Fsp3) is 0.222. The summed E-state index contributed by atoms with van der Waals surface area (Å²) in [6, 6.07) is 15.2. The fourth-order valence-corrected chi connectivity index (χ4v) is 2.04. The lowest BCUT2D eigenvalue weighted by Gasteiger charge is -2.11. The van der Waals surface area contributed by atoms with Crippen molar-refractivity contribution >= 4 is 11.6 Å². The van der Waals surface area contributed by atoms with Crippen molar-refractivity contribution in [3.63, 3.8) is 0 Å². The molecule has 0 radical (unpaired) electrons. The van der Waals surface area contributed by atoms with Crippen LogP contribution in [0.15, 0.2) is 48.5 Å². The molecule has 0 aliphatic heterocycles. The summed E-state index contributed by atoms with van der Waals surface area (Å²) in [6.45, 7) is 3.72. The summed E-state index contributed by atoms with van der Waals surface area (Å²) in [4.78, 5) is 23.3. The Labute approximate surface area is 124 Å². The van der Waals surface area contributed by atoms with E-state index >= 15 is 0 Å². The predicted molar refractivity (Wildman–Crippen MR) is 81.6 cm³/mol. The standard InChI is InChI=1S/C18H18O3/c1-13-8-9-18(16(10-13)17(20)11-14(2)19)21-12-15-6-4-3-5-7-15/h3-10H,11-12H2,1-2H3. The molecule has 0 amide bonds. The molecule has 3 heteroatoms. The van der Waals surface area contributed by atoms with Crippen molar-refractivity contribution in [2.75, 3.05) is 0 Å². The van der Waals surface area contributed by atoms with Gasteiger partial charge in [0.2, 0.25) is 0 Å². The van der Waals surface area contributed by atoms with Crippen molar-refractivity contribution < 1.29 is 14.3 Å². The molecule has 0 heterocycles. The van der Waals surface area contributed by atoms with Gasteiger partial charge in [0.15, 0.2) is 5.78 Å².